The molecule has 0 saturated heterocycles. The van der Waals surface area contributed by atoms with Crippen LogP contribution in [0.15, 0.2) is 47.5 Å². The first-order valence-corrected chi connectivity index (χ1v) is 9.61. The van der Waals surface area contributed by atoms with E-state index >= 15 is 0 Å². The predicted octanol–water partition coefficient (Wildman–Crippen LogP) is 4.29. The molecule has 0 spiro atoms. The minimum atomic E-state index is 0. The van der Waals surface area contributed by atoms with Crippen molar-refractivity contribution in [2.24, 2.45) is 16.8 Å². The van der Waals surface area contributed by atoms with Gasteiger partial charge in [-0.15, -0.1) is 24.0 Å². The summed E-state index contributed by atoms with van der Waals surface area (Å²) in [6.07, 6.45) is 1.22. The molecule has 6 heteroatoms. The summed E-state index contributed by atoms with van der Waals surface area (Å²) in [7, 11) is 3.45. The van der Waals surface area contributed by atoms with Crippen molar-refractivity contribution in [3.63, 3.8) is 0 Å². The van der Waals surface area contributed by atoms with Crippen molar-refractivity contribution >= 4 is 35.6 Å². The van der Waals surface area contributed by atoms with Crippen LogP contribution < -0.4 is 20.1 Å². The molecule has 0 amide bonds. The van der Waals surface area contributed by atoms with Gasteiger partial charge in [-0.05, 0) is 54.4 Å². The largest absolute Gasteiger partial charge is 0.493 e. The Kier molecular flexibility index (Phi) is 6.69. The molecule has 2 aliphatic rings. The molecule has 0 bridgehead atoms. The van der Waals surface area contributed by atoms with Crippen molar-refractivity contribution < 1.29 is 9.47 Å². The lowest BCUT2D eigenvalue weighted by molar-refractivity contribution is 0.311. The molecule has 2 N–H and O–H groups in total. The van der Waals surface area contributed by atoms with E-state index in [9.17, 15) is 0 Å². The van der Waals surface area contributed by atoms with E-state index in [4.69, 9.17) is 9.47 Å². The second-order valence-electron chi connectivity index (χ2n) is 7.13. The third-order valence-electron chi connectivity index (χ3n) is 5.66. The fraction of sp³-hybridized carbons (Fsp3) is 0.409. The highest BCUT2D eigenvalue weighted by Gasteiger charge is 2.54. The van der Waals surface area contributed by atoms with Gasteiger partial charge < -0.3 is 20.1 Å². The minimum absolute atomic E-state index is 0. The van der Waals surface area contributed by atoms with Gasteiger partial charge in [0, 0.05) is 25.3 Å². The zero-order chi connectivity index (χ0) is 18.8. The van der Waals surface area contributed by atoms with Crippen LogP contribution in [0.5, 0.6) is 11.5 Å². The molecule has 0 heterocycles. The molecular formula is C22H28IN3O2. The van der Waals surface area contributed by atoms with Crippen molar-refractivity contribution in [3.05, 3.63) is 53.6 Å². The smallest absolute Gasteiger partial charge is 0.195 e. The Morgan fingerprint density at radius 1 is 1.18 bits per heavy atom. The molecule has 1 fully saturated rings. The summed E-state index contributed by atoms with van der Waals surface area (Å²) in [4.78, 5) is 4.36. The van der Waals surface area contributed by atoms with Crippen molar-refractivity contribution in [1.29, 1.82) is 0 Å². The van der Waals surface area contributed by atoms with Gasteiger partial charge in [0.05, 0.1) is 13.7 Å². The van der Waals surface area contributed by atoms with E-state index in [-0.39, 0.29) is 24.0 Å². The molecule has 3 atom stereocenters. The molecule has 0 radical (unpaired) electrons. The number of nitrogens with one attached hydrogen (secondary N) is 2. The second kappa shape index (κ2) is 9.03. The third kappa shape index (κ3) is 4.06. The molecule has 5 nitrogen and oxygen atoms in total. The van der Waals surface area contributed by atoms with Crippen LogP contribution in [0, 0.1) is 11.8 Å². The maximum Gasteiger partial charge on any atom is 0.195 e. The van der Waals surface area contributed by atoms with Crippen LogP contribution in [0.25, 0.3) is 0 Å². The number of benzene rings is 2. The lowest BCUT2D eigenvalue weighted by Crippen LogP contribution is -2.33. The standard InChI is InChI=1S/C22H27N3O2.HI/c1-4-27-19-10-9-15(12-20(19)26-3)25-22(23-2)24-13-18-17-11-14-7-5-6-8-16(14)21(17)18;/h5-10,12,17-18,21H,4,11,13H2,1-3H3,(H2,23,24,25);1H. The van der Waals surface area contributed by atoms with Gasteiger partial charge in [-0.3, -0.25) is 4.99 Å². The molecular weight excluding hydrogens is 465 g/mol. The lowest BCUT2D eigenvalue weighted by Gasteiger charge is -2.15. The Bertz CT molecular complexity index is 855. The van der Waals surface area contributed by atoms with Crippen molar-refractivity contribution in [2.75, 3.05) is 32.6 Å². The van der Waals surface area contributed by atoms with Gasteiger partial charge in [0.2, 0.25) is 0 Å². The van der Waals surface area contributed by atoms with E-state index in [1.165, 1.54) is 12.0 Å². The van der Waals surface area contributed by atoms with E-state index in [0.29, 0.717) is 18.3 Å². The number of rotatable bonds is 6. The summed E-state index contributed by atoms with van der Waals surface area (Å²) in [5.74, 6) is 4.45. The Labute approximate surface area is 183 Å². The Balaban J connectivity index is 0.00000225. The third-order valence-corrected chi connectivity index (χ3v) is 5.66. The minimum Gasteiger partial charge on any atom is -0.493 e. The van der Waals surface area contributed by atoms with E-state index in [1.54, 1.807) is 19.7 Å². The van der Waals surface area contributed by atoms with Crippen LogP contribution in [0.1, 0.15) is 24.0 Å². The van der Waals surface area contributed by atoms with Crippen LogP contribution >= 0.6 is 24.0 Å². The summed E-state index contributed by atoms with van der Waals surface area (Å²) in [5, 5.41) is 6.83. The van der Waals surface area contributed by atoms with Crippen molar-refractivity contribution in [2.45, 2.75) is 19.3 Å². The maximum absolute atomic E-state index is 5.57. The molecule has 1 saturated carbocycles. The van der Waals surface area contributed by atoms with Gasteiger partial charge in [-0.2, -0.15) is 0 Å². The van der Waals surface area contributed by atoms with Crippen LogP contribution in [-0.4, -0.2) is 33.3 Å². The number of guanidine groups is 1. The second-order valence-corrected chi connectivity index (χ2v) is 7.13. The number of hydrogen-bond donors (Lipinski definition) is 2. The molecule has 4 rings (SSSR count). The first-order chi connectivity index (χ1) is 13.2. The highest BCUT2D eigenvalue weighted by molar-refractivity contribution is 14.0. The van der Waals surface area contributed by atoms with E-state index in [1.807, 2.05) is 25.1 Å². The monoisotopic (exact) mass is 493 g/mol. The molecule has 3 unspecified atom stereocenters. The maximum atomic E-state index is 5.57. The van der Waals surface area contributed by atoms with Crippen LogP contribution in [0.4, 0.5) is 5.69 Å². The molecule has 0 aromatic heterocycles. The average molecular weight is 493 g/mol. The van der Waals surface area contributed by atoms with E-state index < -0.39 is 0 Å². The van der Waals surface area contributed by atoms with E-state index in [0.717, 1.165) is 35.8 Å². The summed E-state index contributed by atoms with van der Waals surface area (Å²) < 4.78 is 11.0. The number of ether oxygens (including phenoxy) is 2. The SMILES string of the molecule is CCOc1ccc(NC(=NC)NCC2C3Cc4ccccc4C23)cc1OC.I. The Hall–Kier alpha value is -1.96. The van der Waals surface area contributed by atoms with Crippen LogP contribution in [0.3, 0.4) is 0 Å². The Morgan fingerprint density at radius 2 is 2.00 bits per heavy atom. The summed E-state index contributed by atoms with van der Waals surface area (Å²) in [6.45, 7) is 3.51. The first-order valence-electron chi connectivity index (χ1n) is 9.61. The van der Waals surface area contributed by atoms with Crippen LogP contribution in [-0.2, 0) is 6.42 Å². The molecule has 0 aliphatic heterocycles. The number of aliphatic imine (C=N–C) groups is 1. The average Bonchev–Trinajstić information content (AvgIpc) is 3.23. The van der Waals surface area contributed by atoms with E-state index in [2.05, 4.69) is 39.9 Å². The fourth-order valence-electron chi connectivity index (χ4n) is 4.31. The number of nitrogens with zero attached hydrogens (tertiary/aromatic N) is 1. The summed E-state index contributed by atoms with van der Waals surface area (Å²) in [6, 6.07) is 14.7. The molecule has 2 aromatic rings. The highest BCUT2D eigenvalue weighted by atomic mass is 127. The quantitative estimate of drug-likeness (QED) is 0.358. The Morgan fingerprint density at radius 3 is 2.75 bits per heavy atom. The number of methoxy groups -OCH3 is 1. The summed E-state index contributed by atoms with van der Waals surface area (Å²) in [5.41, 5.74) is 4.01. The molecule has 28 heavy (non-hydrogen) atoms. The topological polar surface area (TPSA) is 54.9 Å². The zero-order valence-corrected chi connectivity index (χ0v) is 18.9. The normalized spacial score (nSPS) is 21.8. The van der Waals surface area contributed by atoms with Crippen molar-refractivity contribution in [3.8, 4) is 11.5 Å². The fourth-order valence-corrected chi connectivity index (χ4v) is 4.31. The lowest BCUT2D eigenvalue weighted by atomic mass is 10.0. The first kappa shape index (κ1) is 20.8. The number of hydrogen-bond acceptors (Lipinski definition) is 3. The van der Waals surface area contributed by atoms with Crippen molar-refractivity contribution in [1.82, 2.24) is 5.32 Å². The van der Waals surface area contributed by atoms with Crippen LogP contribution in [0.2, 0.25) is 0 Å². The number of fused-ring (bicyclic) bond motifs is 3. The van der Waals surface area contributed by atoms with Gasteiger partial charge in [0.1, 0.15) is 0 Å². The zero-order valence-electron chi connectivity index (χ0n) is 16.6. The van der Waals surface area contributed by atoms with Gasteiger partial charge in [-0.25, -0.2) is 0 Å². The number of halogens is 1. The molecule has 150 valence electrons. The van der Waals surface area contributed by atoms with Gasteiger partial charge in [-0.1, -0.05) is 24.3 Å². The van der Waals surface area contributed by atoms with Gasteiger partial charge in [0.15, 0.2) is 17.5 Å². The highest BCUT2D eigenvalue weighted by Crippen LogP contribution is 2.60. The number of anilines is 1. The predicted molar refractivity (Wildman–Crippen MR) is 124 cm³/mol. The van der Waals surface area contributed by atoms with Gasteiger partial charge in [0.25, 0.3) is 0 Å². The summed E-state index contributed by atoms with van der Waals surface area (Å²) >= 11 is 0. The molecule has 2 aliphatic carbocycles. The molecule has 2 aromatic carbocycles. The van der Waals surface area contributed by atoms with Gasteiger partial charge >= 0.3 is 0 Å².